The fourth-order valence-corrected chi connectivity index (χ4v) is 3.19. The number of benzene rings is 2. The minimum absolute atomic E-state index is 0.574. The standard InChI is InChI=1S/C14H8Br4N8/c15-7-1-11-12(2-8(7)16)24-20-6-22-26-14-4-10(18)9(17)3-13(14)25-21-5-19-23-11/h1-6,23,26H/b19-5-,22-6-,24-20?,25-21?. The fraction of sp³-hybridized carbons (Fsp3) is 0. The Morgan fingerprint density at radius 2 is 0.962 bits per heavy atom. The fourth-order valence-electron chi connectivity index (χ4n) is 1.84. The van der Waals surface area contributed by atoms with Gasteiger partial charge < -0.3 is 0 Å². The minimum atomic E-state index is 0.574. The topological polar surface area (TPSA) is 98.2 Å². The van der Waals surface area contributed by atoms with E-state index >= 15 is 0 Å². The molecule has 1 aliphatic rings. The molecular weight excluding hydrogens is 600 g/mol. The smallest absolute Gasteiger partial charge is 0.158 e. The van der Waals surface area contributed by atoms with E-state index in [-0.39, 0.29) is 0 Å². The highest BCUT2D eigenvalue weighted by atomic mass is 79.9. The molecule has 0 saturated heterocycles. The number of hydrogen-bond donors (Lipinski definition) is 2. The van der Waals surface area contributed by atoms with Crippen LogP contribution in [0.1, 0.15) is 0 Å². The molecule has 0 aromatic heterocycles. The van der Waals surface area contributed by atoms with Crippen LogP contribution in [0.5, 0.6) is 0 Å². The zero-order valence-corrected chi connectivity index (χ0v) is 19.0. The van der Waals surface area contributed by atoms with E-state index in [1.54, 1.807) is 12.1 Å². The predicted octanol–water partition coefficient (Wildman–Crippen LogP) is 7.33. The first-order valence-electron chi connectivity index (χ1n) is 6.89. The Bertz CT molecular complexity index is 877. The van der Waals surface area contributed by atoms with Gasteiger partial charge in [-0.1, -0.05) is 0 Å². The number of rotatable bonds is 0. The van der Waals surface area contributed by atoms with Crippen LogP contribution in [-0.4, -0.2) is 12.7 Å². The Morgan fingerprint density at radius 1 is 0.577 bits per heavy atom. The molecular formula is C14H8Br4N8. The molecule has 1 heterocycles. The van der Waals surface area contributed by atoms with Crippen molar-refractivity contribution in [2.45, 2.75) is 0 Å². The lowest BCUT2D eigenvalue weighted by Gasteiger charge is -2.07. The SMILES string of the molecule is Brc1cc2c(cc1Br)N/N=C\N=Nc1cc(Br)c(Br)cc1N/N=C\N=N2. The molecule has 2 aromatic carbocycles. The number of fused-ring (bicyclic) bond motifs is 2. The van der Waals surface area contributed by atoms with E-state index in [0.29, 0.717) is 22.7 Å². The van der Waals surface area contributed by atoms with Crippen LogP contribution in [0.4, 0.5) is 22.7 Å². The first kappa shape index (κ1) is 19.3. The molecule has 0 bridgehead atoms. The van der Waals surface area contributed by atoms with Crippen LogP contribution in [-0.2, 0) is 0 Å². The maximum absolute atomic E-state index is 4.14. The number of nitrogens with one attached hydrogen (secondary N) is 2. The summed E-state index contributed by atoms with van der Waals surface area (Å²) in [6, 6.07) is 7.23. The van der Waals surface area contributed by atoms with E-state index < -0.39 is 0 Å². The van der Waals surface area contributed by atoms with E-state index in [9.17, 15) is 0 Å². The quantitative estimate of drug-likeness (QED) is 0.328. The molecule has 0 atom stereocenters. The van der Waals surface area contributed by atoms with Gasteiger partial charge in [-0.2, -0.15) is 10.2 Å². The summed E-state index contributed by atoms with van der Waals surface area (Å²) in [5.74, 6) is 0. The summed E-state index contributed by atoms with van der Waals surface area (Å²) >= 11 is 13.7. The van der Waals surface area contributed by atoms with Gasteiger partial charge in [-0.3, -0.25) is 10.9 Å². The summed E-state index contributed by atoms with van der Waals surface area (Å²) < 4.78 is 3.36. The molecule has 0 saturated carbocycles. The van der Waals surface area contributed by atoms with Gasteiger partial charge in [-0.05, 0) is 88.0 Å². The van der Waals surface area contributed by atoms with Crippen molar-refractivity contribution in [1.82, 2.24) is 0 Å². The third-order valence-corrected chi connectivity index (χ3v) is 6.69. The largest absolute Gasteiger partial charge is 0.275 e. The van der Waals surface area contributed by atoms with Crippen LogP contribution in [0, 0.1) is 0 Å². The summed E-state index contributed by atoms with van der Waals surface area (Å²) in [4.78, 5) is 0. The molecule has 0 fully saturated rings. The molecule has 0 spiro atoms. The van der Waals surface area contributed by atoms with E-state index in [1.165, 1.54) is 12.7 Å². The van der Waals surface area contributed by atoms with E-state index in [0.717, 1.165) is 17.9 Å². The molecule has 0 radical (unpaired) electrons. The van der Waals surface area contributed by atoms with Gasteiger partial charge in [0.05, 0.1) is 11.4 Å². The highest BCUT2D eigenvalue weighted by Gasteiger charge is 2.08. The molecule has 0 unspecified atom stereocenters. The predicted molar refractivity (Wildman–Crippen MR) is 117 cm³/mol. The summed E-state index contributed by atoms with van der Waals surface area (Å²) in [5.41, 5.74) is 8.15. The maximum Gasteiger partial charge on any atom is 0.158 e. The second-order valence-electron chi connectivity index (χ2n) is 4.71. The second-order valence-corrected chi connectivity index (χ2v) is 8.13. The number of halogens is 4. The average molecular weight is 608 g/mol. The first-order chi connectivity index (χ1) is 12.5. The molecule has 2 aromatic rings. The average Bonchev–Trinajstić information content (AvgIpc) is 2.61. The number of azo groups is 2. The zero-order chi connectivity index (χ0) is 18.5. The molecule has 26 heavy (non-hydrogen) atoms. The van der Waals surface area contributed by atoms with Gasteiger partial charge in [0.1, 0.15) is 11.4 Å². The summed E-state index contributed by atoms with van der Waals surface area (Å²) in [7, 11) is 0. The van der Waals surface area contributed by atoms with Gasteiger partial charge in [-0.15, -0.1) is 20.5 Å². The number of hydrazone groups is 2. The van der Waals surface area contributed by atoms with Gasteiger partial charge in [-0.25, -0.2) is 0 Å². The molecule has 1 aliphatic heterocycles. The van der Waals surface area contributed by atoms with Gasteiger partial charge in [0.15, 0.2) is 12.7 Å². The molecule has 2 N–H and O–H groups in total. The van der Waals surface area contributed by atoms with Crippen LogP contribution >= 0.6 is 63.7 Å². The lowest BCUT2D eigenvalue weighted by atomic mass is 10.3. The molecule has 132 valence electrons. The Kier molecular flexibility index (Phi) is 6.62. The van der Waals surface area contributed by atoms with Crippen LogP contribution in [0.25, 0.3) is 0 Å². The molecule has 0 aliphatic carbocycles. The molecule has 0 amide bonds. The highest BCUT2D eigenvalue weighted by molar-refractivity contribution is 9.13. The number of hydrogen-bond acceptors (Lipinski definition) is 8. The van der Waals surface area contributed by atoms with Crippen LogP contribution in [0.2, 0.25) is 0 Å². The highest BCUT2D eigenvalue weighted by Crippen LogP contribution is 2.36. The van der Waals surface area contributed by atoms with Crippen molar-refractivity contribution in [3.8, 4) is 0 Å². The Balaban J connectivity index is 1.98. The van der Waals surface area contributed by atoms with Crippen molar-refractivity contribution in [2.24, 2.45) is 30.7 Å². The van der Waals surface area contributed by atoms with Crippen LogP contribution < -0.4 is 10.9 Å². The summed E-state index contributed by atoms with van der Waals surface area (Å²) in [6.45, 7) is 0. The third-order valence-electron chi connectivity index (χ3n) is 3.00. The number of anilines is 2. The molecule has 8 nitrogen and oxygen atoms in total. The van der Waals surface area contributed by atoms with Crippen molar-refractivity contribution in [3.05, 3.63) is 42.2 Å². The Morgan fingerprint density at radius 3 is 1.38 bits per heavy atom. The summed E-state index contributed by atoms with van der Waals surface area (Å²) in [6.07, 6.45) is 2.59. The lowest BCUT2D eigenvalue weighted by Crippen LogP contribution is -1.92. The Hall–Kier alpha value is -1.50. The molecule has 12 heteroatoms. The van der Waals surface area contributed by atoms with E-state index in [2.05, 4.69) is 105 Å². The maximum atomic E-state index is 4.14. The summed E-state index contributed by atoms with van der Waals surface area (Å²) in [5, 5.41) is 24.3. The Labute approximate surface area is 181 Å². The zero-order valence-electron chi connectivity index (χ0n) is 12.7. The minimum Gasteiger partial charge on any atom is -0.275 e. The third kappa shape index (κ3) is 4.81. The van der Waals surface area contributed by atoms with Crippen molar-refractivity contribution >= 4 is 99.1 Å². The van der Waals surface area contributed by atoms with E-state index in [4.69, 9.17) is 0 Å². The van der Waals surface area contributed by atoms with E-state index in [1.807, 2.05) is 12.1 Å². The van der Waals surface area contributed by atoms with Crippen LogP contribution in [0.3, 0.4) is 0 Å². The normalized spacial score (nSPS) is 15.8. The first-order valence-corrected chi connectivity index (χ1v) is 10.1. The van der Waals surface area contributed by atoms with Crippen molar-refractivity contribution < 1.29 is 0 Å². The van der Waals surface area contributed by atoms with Crippen molar-refractivity contribution in [2.75, 3.05) is 10.9 Å². The van der Waals surface area contributed by atoms with Gasteiger partial charge in [0, 0.05) is 17.9 Å². The second kappa shape index (κ2) is 8.93. The molecule has 3 rings (SSSR count). The van der Waals surface area contributed by atoms with Crippen LogP contribution in [0.15, 0.2) is 72.8 Å². The van der Waals surface area contributed by atoms with Gasteiger partial charge >= 0.3 is 0 Å². The van der Waals surface area contributed by atoms with Gasteiger partial charge in [0.25, 0.3) is 0 Å². The van der Waals surface area contributed by atoms with Crippen molar-refractivity contribution in [3.63, 3.8) is 0 Å². The van der Waals surface area contributed by atoms with Gasteiger partial charge in [0.2, 0.25) is 0 Å². The lowest BCUT2D eigenvalue weighted by molar-refractivity contribution is 1.21. The number of nitrogens with zero attached hydrogens (tertiary/aromatic N) is 6. The monoisotopic (exact) mass is 604 g/mol. The van der Waals surface area contributed by atoms with Crippen molar-refractivity contribution in [1.29, 1.82) is 0 Å².